The van der Waals surface area contributed by atoms with E-state index in [4.69, 9.17) is 15.9 Å². The summed E-state index contributed by atoms with van der Waals surface area (Å²) in [5, 5.41) is 15.2. The largest absolute Gasteiger partial charge is 0.508 e. The van der Waals surface area contributed by atoms with E-state index in [1.54, 1.807) is 76.4 Å². The molecule has 0 heterocycles. The zero-order chi connectivity index (χ0) is 31.0. The highest BCUT2D eigenvalue weighted by Crippen LogP contribution is 2.27. The maximum atomic E-state index is 14.1. The van der Waals surface area contributed by atoms with Crippen molar-refractivity contribution in [2.75, 3.05) is 12.4 Å². The van der Waals surface area contributed by atoms with Gasteiger partial charge in [-0.3, -0.25) is 14.5 Å². The molecule has 9 nitrogen and oxygen atoms in total. The first-order valence-electron chi connectivity index (χ1n) is 13.4. The number of rotatable bonds is 9. The number of ether oxygens (including phenoxy) is 2. The molecule has 2 atom stereocenters. The van der Waals surface area contributed by atoms with Crippen molar-refractivity contribution in [3.63, 3.8) is 0 Å². The lowest BCUT2D eigenvalue weighted by atomic mass is 9.97. The zero-order valence-electron chi connectivity index (χ0n) is 24.7. The Morgan fingerprint density at radius 3 is 2.10 bits per heavy atom. The minimum absolute atomic E-state index is 0.0240. The molecule has 220 valence electrons. The van der Waals surface area contributed by atoms with Gasteiger partial charge in [0.1, 0.15) is 29.2 Å². The molecule has 42 heavy (non-hydrogen) atoms. The van der Waals surface area contributed by atoms with Crippen LogP contribution in [0.3, 0.4) is 0 Å². The minimum atomic E-state index is -1.23. The molecule has 2 unspecified atom stereocenters. The van der Waals surface area contributed by atoms with Crippen molar-refractivity contribution in [3.05, 3.63) is 89.0 Å². The Balaban J connectivity index is 2.03. The Morgan fingerprint density at radius 2 is 1.57 bits per heavy atom. The third kappa shape index (κ3) is 8.77. The number of amides is 3. The van der Waals surface area contributed by atoms with Crippen LogP contribution in [0.2, 0.25) is 0 Å². The van der Waals surface area contributed by atoms with Crippen molar-refractivity contribution in [1.82, 2.24) is 10.2 Å². The van der Waals surface area contributed by atoms with Crippen molar-refractivity contribution in [2.24, 2.45) is 0 Å². The molecule has 0 aliphatic heterocycles. The summed E-state index contributed by atoms with van der Waals surface area (Å²) in [6.45, 7) is 8.88. The predicted molar refractivity (Wildman–Crippen MR) is 161 cm³/mol. The number of hydrogen-bond acceptors (Lipinski definition) is 6. The number of aromatic hydroxyl groups is 1. The Morgan fingerprint density at radius 1 is 0.976 bits per heavy atom. The average Bonchev–Trinajstić information content (AvgIpc) is 2.90. The van der Waals surface area contributed by atoms with Crippen molar-refractivity contribution < 1.29 is 29.0 Å². The molecule has 0 aliphatic carbocycles. The molecule has 0 bridgehead atoms. The number of aryl methyl sites for hydroxylation is 2. The van der Waals surface area contributed by atoms with Gasteiger partial charge < -0.3 is 25.2 Å². The SMILES string of the molecule is C#CN(C(=O)C(Cc1ccc(O)cc1)NC(=O)OC(C)(C)C)C(C(=O)Nc1ccc(OC)cc1)c1cc(C)cc(C)c1. The summed E-state index contributed by atoms with van der Waals surface area (Å²) in [6, 6.07) is 18.5. The number of nitrogens with zero attached hydrogens (tertiary/aromatic N) is 1. The molecule has 0 saturated carbocycles. The summed E-state index contributed by atoms with van der Waals surface area (Å²) < 4.78 is 10.6. The second-order valence-electron chi connectivity index (χ2n) is 10.9. The lowest BCUT2D eigenvalue weighted by Crippen LogP contribution is -2.51. The first-order valence-corrected chi connectivity index (χ1v) is 13.4. The minimum Gasteiger partial charge on any atom is -0.508 e. The number of phenolic OH excluding ortho intramolecular Hbond substituents is 1. The highest BCUT2D eigenvalue weighted by Gasteiger charge is 2.36. The molecule has 0 aliphatic rings. The number of alkyl carbamates (subject to hydrolysis) is 1. The summed E-state index contributed by atoms with van der Waals surface area (Å²) in [6.07, 6.45) is 5.13. The van der Waals surface area contributed by atoms with Crippen LogP contribution in [0.4, 0.5) is 10.5 Å². The Hall–Kier alpha value is -4.97. The van der Waals surface area contributed by atoms with E-state index in [-0.39, 0.29) is 12.2 Å². The van der Waals surface area contributed by atoms with Gasteiger partial charge in [0.2, 0.25) is 0 Å². The monoisotopic (exact) mass is 571 g/mol. The van der Waals surface area contributed by atoms with Crippen molar-refractivity contribution in [1.29, 1.82) is 0 Å². The van der Waals surface area contributed by atoms with Crippen molar-refractivity contribution >= 4 is 23.6 Å². The van der Waals surface area contributed by atoms with E-state index < -0.39 is 35.6 Å². The molecule has 0 aromatic heterocycles. The van der Waals surface area contributed by atoms with E-state index in [1.807, 2.05) is 19.9 Å². The lowest BCUT2D eigenvalue weighted by molar-refractivity contribution is -0.136. The fraction of sp³-hybridized carbons (Fsp3) is 0.303. The Labute approximate surface area is 246 Å². The van der Waals surface area contributed by atoms with Gasteiger partial charge in [-0.25, -0.2) is 4.79 Å². The van der Waals surface area contributed by atoms with Gasteiger partial charge in [0.15, 0.2) is 0 Å². The molecule has 9 heteroatoms. The van der Waals surface area contributed by atoms with Crippen LogP contribution in [0.15, 0.2) is 66.7 Å². The Kier molecular flexibility index (Phi) is 10.2. The maximum absolute atomic E-state index is 14.1. The molecule has 3 aromatic carbocycles. The number of phenols is 1. The van der Waals surface area contributed by atoms with E-state index in [1.165, 1.54) is 12.1 Å². The zero-order valence-corrected chi connectivity index (χ0v) is 24.7. The van der Waals surface area contributed by atoms with Crippen LogP contribution in [0.1, 0.15) is 49.1 Å². The van der Waals surface area contributed by atoms with Gasteiger partial charge in [0.05, 0.1) is 7.11 Å². The van der Waals surface area contributed by atoms with Gasteiger partial charge in [-0.15, -0.1) is 0 Å². The van der Waals surface area contributed by atoms with Crippen LogP contribution in [-0.2, 0) is 20.7 Å². The number of nitrogens with one attached hydrogen (secondary N) is 2. The molecule has 0 saturated heterocycles. The first kappa shape index (κ1) is 31.6. The second-order valence-corrected chi connectivity index (χ2v) is 10.9. The van der Waals surface area contributed by atoms with Crippen LogP contribution in [-0.4, -0.2) is 46.7 Å². The summed E-state index contributed by atoms with van der Waals surface area (Å²) in [7, 11) is 1.54. The molecule has 3 N–H and O–H groups in total. The van der Waals surface area contributed by atoms with E-state index in [9.17, 15) is 19.5 Å². The quantitative estimate of drug-likeness (QED) is 0.239. The molecule has 0 fully saturated rings. The van der Waals surface area contributed by atoms with E-state index in [0.717, 1.165) is 16.0 Å². The number of benzene rings is 3. The van der Waals surface area contributed by atoms with Gasteiger partial charge in [0.25, 0.3) is 11.8 Å². The normalized spacial score (nSPS) is 12.3. The molecule has 0 spiro atoms. The summed E-state index contributed by atoms with van der Waals surface area (Å²) in [5.41, 5.74) is 2.57. The van der Waals surface area contributed by atoms with Crippen LogP contribution in [0, 0.1) is 26.3 Å². The van der Waals surface area contributed by atoms with Gasteiger partial charge >= 0.3 is 6.09 Å². The topological polar surface area (TPSA) is 117 Å². The first-order chi connectivity index (χ1) is 19.8. The van der Waals surface area contributed by atoms with Gasteiger partial charge in [-0.1, -0.05) is 47.9 Å². The molecular formula is C33H37N3O6. The van der Waals surface area contributed by atoms with Gasteiger partial charge in [-0.2, -0.15) is 0 Å². The van der Waals surface area contributed by atoms with E-state index in [2.05, 4.69) is 16.7 Å². The number of carbonyl (C=O) groups excluding carboxylic acids is 3. The molecule has 0 radical (unpaired) electrons. The highest BCUT2D eigenvalue weighted by atomic mass is 16.6. The Bertz CT molecular complexity index is 1430. The van der Waals surface area contributed by atoms with E-state index >= 15 is 0 Å². The van der Waals surface area contributed by atoms with Crippen LogP contribution in [0.25, 0.3) is 0 Å². The number of terminal acetylenes is 1. The van der Waals surface area contributed by atoms with Gasteiger partial charge in [-0.05, 0) is 82.1 Å². The lowest BCUT2D eigenvalue weighted by Gasteiger charge is -2.31. The van der Waals surface area contributed by atoms with Gasteiger partial charge in [0, 0.05) is 18.2 Å². The number of hydrogen-bond donors (Lipinski definition) is 3. The highest BCUT2D eigenvalue weighted by molar-refractivity contribution is 5.99. The maximum Gasteiger partial charge on any atom is 0.408 e. The third-order valence-corrected chi connectivity index (χ3v) is 6.17. The fourth-order valence-electron chi connectivity index (χ4n) is 4.42. The van der Waals surface area contributed by atoms with Crippen molar-refractivity contribution in [3.8, 4) is 24.0 Å². The van der Waals surface area contributed by atoms with E-state index in [0.29, 0.717) is 22.6 Å². The average molecular weight is 572 g/mol. The molecular weight excluding hydrogens is 534 g/mol. The smallest absolute Gasteiger partial charge is 0.408 e. The summed E-state index contributed by atoms with van der Waals surface area (Å²) >= 11 is 0. The van der Waals surface area contributed by atoms with Crippen LogP contribution in [0.5, 0.6) is 11.5 Å². The van der Waals surface area contributed by atoms with Crippen LogP contribution >= 0.6 is 0 Å². The summed E-state index contributed by atoms with van der Waals surface area (Å²) in [4.78, 5) is 41.8. The predicted octanol–water partition coefficient (Wildman–Crippen LogP) is 5.25. The second kappa shape index (κ2) is 13.6. The summed E-state index contributed by atoms with van der Waals surface area (Å²) in [5.74, 6) is -0.566. The van der Waals surface area contributed by atoms with Crippen molar-refractivity contribution in [2.45, 2.75) is 58.7 Å². The third-order valence-electron chi connectivity index (χ3n) is 6.17. The molecule has 3 amide bonds. The fourth-order valence-corrected chi connectivity index (χ4v) is 4.42. The number of anilines is 1. The van der Waals surface area contributed by atoms with Crippen LogP contribution < -0.4 is 15.4 Å². The number of carbonyl (C=O) groups is 3. The molecule has 3 rings (SSSR count). The molecule has 3 aromatic rings. The standard InChI is InChI=1S/C33H37N3O6/c1-8-36(31(39)28(35-32(40)42-33(4,5)6)20-23-9-13-26(37)14-10-23)29(24-18-21(2)17-22(3)19-24)30(38)34-25-11-15-27(41-7)16-12-25/h1,9-19,28-29,37H,20H2,2-7H3,(H,34,38)(H,35,40). The number of methoxy groups -OCH3 is 1.